The van der Waals surface area contributed by atoms with Crippen LogP contribution in [-0.2, 0) is 0 Å². The van der Waals surface area contributed by atoms with Gasteiger partial charge >= 0.3 is 0 Å². The maximum Gasteiger partial charge on any atom is 0.143 e. The molecule has 0 amide bonds. The second-order valence-electron chi connectivity index (χ2n) is 4.16. The molecule has 90 valence electrons. The summed E-state index contributed by atoms with van der Waals surface area (Å²) < 4.78 is 5.30. The smallest absolute Gasteiger partial charge is 0.143 e. The van der Waals surface area contributed by atoms with Crippen LogP contribution >= 0.6 is 0 Å². The molecule has 0 bridgehead atoms. The normalized spacial score (nSPS) is 16.2. The molecule has 1 aromatic rings. The molecule has 1 heterocycles. The third-order valence-electron chi connectivity index (χ3n) is 3.05. The molecule has 0 radical (unpaired) electrons. The molecule has 1 aliphatic heterocycles. The number of hydrogen-bond donors (Lipinski definition) is 2. The van der Waals surface area contributed by atoms with Gasteiger partial charge in [-0.1, -0.05) is 6.07 Å². The Hall–Kier alpha value is -1.73. The molecule has 4 heteroatoms. The van der Waals surface area contributed by atoms with E-state index in [4.69, 9.17) is 10.00 Å². The van der Waals surface area contributed by atoms with Crippen LogP contribution in [0.4, 0.5) is 5.69 Å². The fourth-order valence-electron chi connectivity index (χ4n) is 2.11. The molecule has 4 nitrogen and oxygen atoms in total. The first-order valence-electron chi connectivity index (χ1n) is 5.89. The lowest BCUT2D eigenvalue weighted by Crippen LogP contribution is -2.35. The monoisotopic (exact) mass is 231 g/mol. The van der Waals surface area contributed by atoms with Crippen LogP contribution in [0.3, 0.4) is 0 Å². The molecular formula is C13H17N3O. The molecule has 0 spiro atoms. The van der Waals surface area contributed by atoms with E-state index in [2.05, 4.69) is 16.7 Å². The van der Waals surface area contributed by atoms with Crippen LogP contribution in [0.15, 0.2) is 18.2 Å². The summed E-state index contributed by atoms with van der Waals surface area (Å²) in [5.41, 5.74) is 1.47. The molecule has 1 aromatic carbocycles. The average molecular weight is 231 g/mol. The predicted molar refractivity (Wildman–Crippen MR) is 67.2 cm³/mol. The minimum Gasteiger partial charge on any atom is -0.495 e. The largest absolute Gasteiger partial charge is 0.495 e. The number of para-hydroxylation sites is 1. The molecule has 2 N–H and O–H groups in total. The van der Waals surface area contributed by atoms with Crippen LogP contribution in [0.25, 0.3) is 0 Å². The molecule has 17 heavy (non-hydrogen) atoms. The third-order valence-corrected chi connectivity index (χ3v) is 3.05. The van der Waals surface area contributed by atoms with Crippen molar-refractivity contribution in [3.05, 3.63) is 23.8 Å². The fourth-order valence-corrected chi connectivity index (χ4v) is 2.11. The van der Waals surface area contributed by atoms with Gasteiger partial charge in [0.1, 0.15) is 11.8 Å². The first-order valence-corrected chi connectivity index (χ1v) is 5.89. The Kier molecular flexibility index (Phi) is 3.84. The van der Waals surface area contributed by atoms with Crippen LogP contribution in [0, 0.1) is 11.3 Å². The van der Waals surface area contributed by atoms with Gasteiger partial charge in [-0.2, -0.15) is 5.26 Å². The van der Waals surface area contributed by atoms with Gasteiger partial charge in [0.25, 0.3) is 0 Å². The Morgan fingerprint density at radius 3 is 2.82 bits per heavy atom. The average Bonchev–Trinajstić information content (AvgIpc) is 2.40. The standard InChI is InChI=1S/C13H17N3O/c1-17-12-4-2-3-10(9-14)13(12)16-11-5-7-15-8-6-11/h2-4,11,15-16H,5-8H2,1H3. The molecule has 0 saturated carbocycles. The fraction of sp³-hybridized carbons (Fsp3) is 0.462. The summed E-state index contributed by atoms with van der Waals surface area (Å²) >= 11 is 0. The topological polar surface area (TPSA) is 57.1 Å². The Labute approximate surface area is 102 Å². The maximum absolute atomic E-state index is 9.11. The lowest BCUT2D eigenvalue weighted by molar-refractivity contribution is 0.414. The van der Waals surface area contributed by atoms with Gasteiger partial charge in [0, 0.05) is 6.04 Å². The van der Waals surface area contributed by atoms with Gasteiger partial charge in [-0.25, -0.2) is 0 Å². The zero-order chi connectivity index (χ0) is 12.1. The van der Waals surface area contributed by atoms with Crippen LogP contribution in [-0.4, -0.2) is 26.2 Å². The van der Waals surface area contributed by atoms with E-state index < -0.39 is 0 Å². The van der Waals surface area contributed by atoms with Crippen molar-refractivity contribution in [2.45, 2.75) is 18.9 Å². The second-order valence-corrected chi connectivity index (χ2v) is 4.16. The predicted octanol–water partition coefficient (Wildman–Crippen LogP) is 1.73. The lowest BCUT2D eigenvalue weighted by Gasteiger charge is -2.26. The summed E-state index contributed by atoms with van der Waals surface area (Å²) in [5.74, 6) is 0.739. The molecular weight excluding hydrogens is 214 g/mol. The molecule has 0 unspecified atom stereocenters. The highest BCUT2D eigenvalue weighted by Crippen LogP contribution is 2.29. The quantitative estimate of drug-likeness (QED) is 0.831. The third kappa shape index (κ3) is 2.69. The molecule has 1 saturated heterocycles. The molecule has 0 aliphatic carbocycles. The molecule has 2 rings (SSSR count). The van der Waals surface area contributed by atoms with E-state index in [1.165, 1.54) is 0 Å². The number of benzene rings is 1. The van der Waals surface area contributed by atoms with Crippen molar-refractivity contribution in [1.29, 1.82) is 5.26 Å². The maximum atomic E-state index is 9.11. The number of rotatable bonds is 3. The van der Waals surface area contributed by atoms with Crippen molar-refractivity contribution in [2.75, 3.05) is 25.5 Å². The Morgan fingerprint density at radius 2 is 2.18 bits per heavy atom. The van der Waals surface area contributed by atoms with Crippen LogP contribution in [0.5, 0.6) is 5.75 Å². The molecule has 1 fully saturated rings. The number of nitrogens with zero attached hydrogens (tertiary/aromatic N) is 1. The summed E-state index contributed by atoms with van der Waals surface area (Å²) in [6, 6.07) is 8.15. The molecule has 0 aromatic heterocycles. The van der Waals surface area contributed by atoms with Gasteiger partial charge in [0.05, 0.1) is 18.4 Å². The number of methoxy groups -OCH3 is 1. The zero-order valence-electron chi connectivity index (χ0n) is 9.99. The van der Waals surface area contributed by atoms with Gasteiger partial charge in [0.2, 0.25) is 0 Å². The van der Waals surface area contributed by atoms with E-state index in [0.29, 0.717) is 11.6 Å². The van der Waals surface area contributed by atoms with Crippen LogP contribution in [0.2, 0.25) is 0 Å². The van der Waals surface area contributed by atoms with Gasteiger partial charge < -0.3 is 15.4 Å². The summed E-state index contributed by atoms with van der Waals surface area (Å²) in [7, 11) is 1.63. The highest BCUT2D eigenvalue weighted by atomic mass is 16.5. The summed E-state index contributed by atoms with van der Waals surface area (Å²) in [6.45, 7) is 2.05. The van der Waals surface area contributed by atoms with Gasteiger partial charge in [0.15, 0.2) is 0 Å². The summed E-state index contributed by atoms with van der Waals surface area (Å²) in [5, 5.41) is 15.9. The number of hydrogen-bond acceptors (Lipinski definition) is 4. The first kappa shape index (κ1) is 11.7. The summed E-state index contributed by atoms with van der Waals surface area (Å²) in [4.78, 5) is 0. The van der Waals surface area contributed by atoms with Gasteiger partial charge in [-0.3, -0.25) is 0 Å². The van der Waals surface area contributed by atoms with Crippen molar-refractivity contribution < 1.29 is 4.74 Å². The van der Waals surface area contributed by atoms with Crippen molar-refractivity contribution in [3.63, 3.8) is 0 Å². The van der Waals surface area contributed by atoms with E-state index in [9.17, 15) is 0 Å². The number of anilines is 1. The van der Waals surface area contributed by atoms with Crippen LogP contribution < -0.4 is 15.4 Å². The number of nitrogens with one attached hydrogen (secondary N) is 2. The van der Waals surface area contributed by atoms with Crippen LogP contribution in [0.1, 0.15) is 18.4 Å². The van der Waals surface area contributed by atoms with E-state index in [1.807, 2.05) is 18.2 Å². The van der Waals surface area contributed by atoms with E-state index in [0.717, 1.165) is 37.4 Å². The zero-order valence-corrected chi connectivity index (χ0v) is 9.99. The van der Waals surface area contributed by atoms with E-state index in [1.54, 1.807) is 7.11 Å². The van der Waals surface area contributed by atoms with Crippen molar-refractivity contribution in [3.8, 4) is 11.8 Å². The van der Waals surface area contributed by atoms with Gasteiger partial charge in [-0.05, 0) is 38.1 Å². The Bertz CT molecular complexity index is 419. The Balaban J connectivity index is 2.20. The number of piperidine rings is 1. The first-order chi connectivity index (χ1) is 8.35. The minimum atomic E-state index is 0.416. The van der Waals surface area contributed by atoms with E-state index >= 15 is 0 Å². The van der Waals surface area contributed by atoms with Crippen molar-refractivity contribution in [1.82, 2.24) is 5.32 Å². The summed E-state index contributed by atoms with van der Waals surface area (Å²) in [6.07, 6.45) is 2.14. The minimum absolute atomic E-state index is 0.416. The number of nitriles is 1. The van der Waals surface area contributed by atoms with Crippen molar-refractivity contribution >= 4 is 5.69 Å². The lowest BCUT2D eigenvalue weighted by atomic mass is 10.1. The van der Waals surface area contributed by atoms with Gasteiger partial charge in [-0.15, -0.1) is 0 Å². The highest BCUT2D eigenvalue weighted by molar-refractivity contribution is 5.66. The molecule has 1 aliphatic rings. The molecule has 0 atom stereocenters. The van der Waals surface area contributed by atoms with Crippen molar-refractivity contribution in [2.24, 2.45) is 0 Å². The highest BCUT2D eigenvalue weighted by Gasteiger charge is 2.16. The SMILES string of the molecule is COc1cccc(C#N)c1NC1CCNCC1. The number of ether oxygens (including phenoxy) is 1. The Morgan fingerprint density at radius 1 is 1.41 bits per heavy atom. The van der Waals surface area contributed by atoms with E-state index in [-0.39, 0.29) is 0 Å². The second kappa shape index (κ2) is 5.55.